The summed E-state index contributed by atoms with van der Waals surface area (Å²) in [6.45, 7) is 2.77. The molecule has 2 N–H and O–H groups in total. The van der Waals surface area contributed by atoms with Crippen molar-refractivity contribution >= 4 is 17.3 Å². The SMILES string of the molecule is CC(CN)SCc1cn2ccccc2c1C#N. The molecule has 4 heteroatoms. The zero-order valence-electron chi connectivity index (χ0n) is 9.76. The van der Waals surface area contributed by atoms with E-state index < -0.39 is 0 Å². The fourth-order valence-corrected chi connectivity index (χ4v) is 2.54. The summed E-state index contributed by atoms with van der Waals surface area (Å²) in [5.74, 6) is 0.836. The smallest absolute Gasteiger partial charge is 0.102 e. The summed E-state index contributed by atoms with van der Waals surface area (Å²) in [5.41, 5.74) is 8.44. The van der Waals surface area contributed by atoms with Gasteiger partial charge in [0.25, 0.3) is 0 Å². The van der Waals surface area contributed by atoms with Crippen LogP contribution in [0.25, 0.3) is 5.52 Å². The van der Waals surface area contributed by atoms with Crippen LogP contribution in [0, 0.1) is 11.3 Å². The van der Waals surface area contributed by atoms with Crippen LogP contribution in [0.2, 0.25) is 0 Å². The number of hydrogen-bond acceptors (Lipinski definition) is 3. The van der Waals surface area contributed by atoms with Crippen LogP contribution in [0.4, 0.5) is 0 Å². The molecule has 17 heavy (non-hydrogen) atoms. The molecule has 0 spiro atoms. The lowest BCUT2D eigenvalue weighted by Gasteiger charge is -2.06. The lowest BCUT2D eigenvalue weighted by molar-refractivity contribution is 0.950. The highest BCUT2D eigenvalue weighted by molar-refractivity contribution is 7.99. The van der Waals surface area contributed by atoms with Crippen molar-refractivity contribution in [3.63, 3.8) is 0 Å². The molecule has 0 aliphatic heterocycles. The summed E-state index contributed by atoms with van der Waals surface area (Å²) in [6, 6.07) is 8.19. The second-order valence-electron chi connectivity index (χ2n) is 3.99. The number of nitrogens with two attached hydrogens (primary N) is 1. The summed E-state index contributed by atoms with van der Waals surface area (Å²) >= 11 is 1.78. The second-order valence-corrected chi connectivity index (χ2v) is 5.42. The topological polar surface area (TPSA) is 54.2 Å². The van der Waals surface area contributed by atoms with Crippen molar-refractivity contribution in [2.24, 2.45) is 5.73 Å². The molecule has 2 heterocycles. The van der Waals surface area contributed by atoms with E-state index in [1.54, 1.807) is 11.8 Å². The first-order chi connectivity index (χ1) is 8.26. The molecule has 2 rings (SSSR count). The molecule has 2 aromatic heterocycles. The Hall–Kier alpha value is -1.44. The van der Waals surface area contributed by atoms with Gasteiger partial charge in [-0.2, -0.15) is 17.0 Å². The van der Waals surface area contributed by atoms with E-state index in [1.165, 1.54) is 0 Å². The first-order valence-corrected chi connectivity index (χ1v) is 6.61. The van der Waals surface area contributed by atoms with Crippen molar-refractivity contribution in [1.29, 1.82) is 5.26 Å². The van der Waals surface area contributed by atoms with Crippen LogP contribution in [0.3, 0.4) is 0 Å². The van der Waals surface area contributed by atoms with Crippen molar-refractivity contribution in [3.05, 3.63) is 41.7 Å². The van der Waals surface area contributed by atoms with E-state index in [2.05, 4.69) is 13.0 Å². The van der Waals surface area contributed by atoms with Crippen LogP contribution in [0.5, 0.6) is 0 Å². The number of fused-ring (bicyclic) bond motifs is 1. The van der Waals surface area contributed by atoms with Crippen molar-refractivity contribution in [1.82, 2.24) is 4.40 Å². The first-order valence-electron chi connectivity index (χ1n) is 5.56. The van der Waals surface area contributed by atoms with Gasteiger partial charge in [-0.1, -0.05) is 13.0 Å². The average molecular weight is 245 g/mol. The minimum atomic E-state index is 0.421. The molecule has 0 radical (unpaired) electrons. The van der Waals surface area contributed by atoms with E-state index in [1.807, 2.05) is 35.0 Å². The second kappa shape index (κ2) is 5.26. The fourth-order valence-electron chi connectivity index (χ4n) is 1.72. The highest BCUT2D eigenvalue weighted by Gasteiger charge is 2.10. The van der Waals surface area contributed by atoms with Gasteiger partial charge in [0.15, 0.2) is 0 Å². The third-order valence-electron chi connectivity index (χ3n) is 2.73. The Morgan fingerprint density at radius 3 is 3.06 bits per heavy atom. The lowest BCUT2D eigenvalue weighted by atomic mass is 10.2. The number of nitriles is 1. The van der Waals surface area contributed by atoms with E-state index in [-0.39, 0.29) is 0 Å². The number of aromatic nitrogens is 1. The molecule has 0 saturated heterocycles. The maximum atomic E-state index is 9.23. The molecule has 0 saturated carbocycles. The van der Waals surface area contributed by atoms with Gasteiger partial charge in [0.05, 0.1) is 11.1 Å². The molecule has 88 valence electrons. The molecule has 0 bridgehead atoms. The van der Waals surface area contributed by atoms with E-state index in [9.17, 15) is 5.26 Å². The third-order valence-corrected chi connectivity index (χ3v) is 3.97. The van der Waals surface area contributed by atoms with Gasteiger partial charge >= 0.3 is 0 Å². The van der Waals surface area contributed by atoms with E-state index in [0.29, 0.717) is 11.8 Å². The van der Waals surface area contributed by atoms with E-state index in [4.69, 9.17) is 5.73 Å². The minimum absolute atomic E-state index is 0.421. The molecule has 1 unspecified atom stereocenters. The van der Waals surface area contributed by atoms with Gasteiger partial charge in [-0.3, -0.25) is 0 Å². The summed E-state index contributed by atoms with van der Waals surface area (Å²) in [6.07, 6.45) is 4.00. The molecule has 0 aromatic carbocycles. The molecular weight excluding hydrogens is 230 g/mol. The molecule has 1 atom stereocenters. The summed E-state index contributed by atoms with van der Waals surface area (Å²) in [7, 11) is 0. The van der Waals surface area contributed by atoms with Gasteiger partial charge in [0, 0.05) is 29.9 Å². The van der Waals surface area contributed by atoms with Crippen LogP contribution in [0.15, 0.2) is 30.6 Å². The van der Waals surface area contributed by atoms with Gasteiger partial charge in [-0.05, 0) is 17.7 Å². The monoisotopic (exact) mass is 245 g/mol. The van der Waals surface area contributed by atoms with Crippen molar-refractivity contribution < 1.29 is 0 Å². The normalized spacial score (nSPS) is 12.5. The Balaban J connectivity index is 2.31. The molecule has 0 aliphatic carbocycles. The van der Waals surface area contributed by atoms with Crippen molar-refractivity contribution in [2.75, 3.05) is 6.54 Å². The third kappa shape index (κ3) is 2.46. The van der Waals surface area contributed by atoms with Crippen molar-refractivity contribution in [3.8, 4) is 6.07 Å². The predicted octanol–water partition coefficient (Wildman–Crippen LogP) is 2.39. The van der Waals surface area contributed by atoms with Crippen LogP contribution in [-0.2, 0) is 5.75 Å². The van der Waals surface area contributed by atoms with Gasteiger partial charge in [-0.15, -0.1) is 0 Å². The largest absolute Gasteiger partial charge is 0.329 e. The maximum absolute atomic E-state index is 9.23. The summed E-state index contributed by atoms with van der Waals surface area (Å²) in [5, 5.41) is 9.65. The molecule has 0 fully saturated rings. The minimum Gasteiger partial charge on any atom is -0.329 e. The maximum Gasteiger partial charge on any atom is 0.102 e. The Labute approximate surface area is 105 Å². The summed E-state index contributed by atoms with van der Waals surface area (Å²) < 4.78 is 2.00. The lowest BCUT2D eigenvalue weighted by Crippen LogP contribution is -2.12. The van der Waals surface area contributed by atoms with E-state index in [0.717, 1.165) is 22.4 Å². The van der Waals surface area contributed by atoms with Crippen LogP contribution >= 0.6 is 11.8 Å². The Kier molecular flexibility index (Phi) is 3.72. The molecule has 0 amide bonds. The number of hydrogen-bond donors (Lipinski definition) is 1. The van der Waals surface area contributed by atoms with Crippen LogP contribution in [-0.4, -0.2) is 16.2 Å². The van der Waals surface area contributed by atoms with Gasteiger partial charge in [0.2, 0.25) is 0 Å². The van der Waals surface area contributed by atoms with Gasteiger partial charge in [-0.25, -0.2) is 0 Å². The van der Waals surface area contributed by atoms with Gasteiger partial charge < -0.3 is 10.1 Å². The predicted molar refractivity (Wildman–Crippen MR) is 71.9 cm³/mol. The average Bonchev–Trinajstić information content (AvgIpc) is 2.73. The number of rotatable bonds is 4. The Morgan fingerprint density at radius 1 is 1.53 bits per heavy atom. The fraction of sp³-hybridized carbons (Fsp3) is 0.308. The number of nitrogens with zero attached hydrogens (tertiary/aromatic N) is 2. The highest BCUT2D eigenvalue weighted by Crippen LogP contribution is 2.24. The molecular formula is C13H15N3S. The Bertz CT molecular complexity index is 553. The van der Waals surface area contributed by atoms with Crippen LogP contribution in [0.1, 0.15) is 18.1 Å². The quantitative estimate of drug-likeness (QED) is 0.899. The molecule has 0 aliphatic rings. The number of thioether (sulfide) groups is 1. The zero-order valence-corrected chi connectivity index (χ0v) is 10.6. The molecule has 3 nitrogen and oxygen atoms in total. The van der Waals surface area contributed by atoms with Gasteiger partial charge in [0.1, 0.15) is 6.07 Å². The first kappa shape index (κ1) is 12.0. The van der Waals surface area contributed by atoms with E-state index >= 15 is 0 Å². The van der Waals surface area contributed by atoms with Crippen molar-refractivity contribution in [2.45, 2.75) is 17.9 Å². The summed E-state index contributed by atoms with van der Waals surface area (Å²) in [4.78, 5) is 0. The zero-order chi connectivity index (χ0) is 12.3. The standard InChI is InChI=1S/C13H15N3S/c1-10(6-14)17-9-11-8-16-5-3-2-4-13(16)12(11)7-15/h2-5,8,10H,6,9,14H2,1H3. The number of pyridine rings is 1. The Morgan fingerprint density at radius 2 is 2.35 bits per heavy atom. The van der Waals surface area contributed by atoms with Crippen LogP contribution < -0.4 is 5.73 Å². The highest BCUT2D eigenvalue weighted by atomic mass is 32.2. The molecule has 2 aromatic rings.